The summed E-state index contributed by atoms with van der Waals surface area (Å²) in [5.41, 5.74) is 0.518. The SMILES string of the molecule is CCN(C(=O)c1c[c-]ccc1)C(OC)C(C)(C)C.[Li+]. The van der Waals surface area contributed by atoms with Crippen molar-refractivity contribution < 1.29 is 28.4 Å². The van der Waals surface area contributed by atoms with Gasteiger partial charge in [-0.2, -0.15) is 30.3 Å². The van der Waals surface area contributed by atoms with Crippen molar-refractivity contribution in [2.75, 3.05) is 13.7 Å². The van der Waals surface area contributed by atoms with Gasteiger partial charge in [0.1, 0.15) is 6.23 Å². The normalized spacial score (nSPS) is 12.5. The maximum Gasteiger partial charge on any atom is 1.00 e. The van der Waals surface area contributed by atoms with Gasteiger partial charge in [0.05, 0.1) is 0 Å². The minimum Gasteiger partial charge on any atom is -0.361 e. The Kier molecular flexibility index (Phi) is 7.44. The molecule has 0 spiro atoms. The summed E-state index contributed by atoms with van der Waals surface area (Å²) in [7, 11) is 1.64. The Morgan fingerprint density at radius 3 is 2.47 bits per heavy atom. The topological polar surface area (TPSA) is 29.5 Å². The van der Waals surface area contributed by atoms with Crippen molar-refractivity contribution in [1.82, 2.24) is 4.90 Å². The quantitative estimate of drug-likeness (QED) is 0.430. The maximum atomic E-state index is 12.4. The summed E-state index contributed by atoms with van der Waals surface area (Å²) in [6, 6.07) is 10.0. The Hall–Kier alpha value is -0.753. The predicted molar refractivity (Wildman–Crippen MR) is 72.2 cm³/mol. The van der Waals surface area contributed by atoms with E-state index in [1.165, 1.54) is 0 Å². The summed E-state index contributed by atoms with van der Waals surface area (Å²) in [4.78, 5) is 14.2. The van der Waals surface area contributed by atoms with E-state index in [0.29, 0.717) is 12.1 Å². The summed E-state index contributed by atoms with van der Waals surface area (Å²) < 4.78 is 5.51. The summed E-state index contributed by atoms with van der Waals surface area (Å²) in [6.45, 7) is 8.77. The molecule has 100 valence electrons. The largest absolute Gasteiger partial charge is 1.00 e. The molecule has 1 aromatic rings. The van der Waals surface area contributed by atoms with Crippen molar-refractivity contribution in [3.05, 3.63) is 35.9 Å². The average Bonchev–Trinajstić information content (AvgIpc) is 2.34. The van der Waals surface area contributed by atoms with E-state index in [1.54, 1.807) is 30.2 Å². The Labute approximate surface area is 128 Å². The molecule has 0 heterocycles. The molecule has 0 aliphatic carbocycles. The third kappa shape index (κ3) is 4.69. The second-order valence-corrected chi connectivity index (χ2v) is 5.34. The first-order chi connectivity index (χ1) is 8.41. The van der Waals surface area contributed by atoms with Crippen LogP contribution in [0.5, 0.6) is 0 Å². The van der Waals surface area contributed by atoms with Crippen molar-refractivity contribution in [1.29, 1.82) is 0 Å². The van der Waals surface area contributed by atoms with E-state index in [2.05, 4.69) is 26.8 Å². The number of carbonyl (C=O) groups excluding carboxylic acids is 1. The fourth-order valence-electron chi connectivity index (χ4n) is 2.06. The van der Waals surface area contributed by atoms with Gasteiger partial charge in [-0.25, -0.2) is 0 Å². The second kappa shape index (κ2) is 7.74. The Morgan fingerprint density at radius 1 is 1.47 bits per heavy atom. The molecule has 1 amide bonds. The zero-order valence-corrected chi connectivity index (χ0v) is 12.9. The molecule has 1 aromatic carbocycles. The molecule has 0 aliphatic heterocycles. The van der Waals surface area contributed by atoms with E-state index >= 15 is 0 Å². The number of hydrogen-bond donors (Lipinski definition) is 0. The van der Waals surface area contributed by atoms with Crippen molar-refractivity contribution in [2.24, 2.45) is 5.41 Å². The molecule has 0 aromatic heterocycles. The molecule has 0 fully saturated rings. The first kappa shape index (κ1) is 18.2. The van der Waals surface area contributed by atoms with Crippen LogP contribution in [0.15, 0.2) is 24.3 Å². The third-order valence-corrected chi connectivity index (χ3v) is 2.80. The second-order valence-electron chi connectivity index (χ2n) is 5.34. The van der Waals surface area contributed by atoms with Crippen LogP contribution < -0.4 is 18.9 Å². The van der Waals surface area contributed by atoms with Crippen LogP contribution in [0, 0.1) is 11.5 Å². The number of nitrogens with zero attached hydrogens (tertiary/aromatic N) is 1. The number of hydrogen-bond acceptors (Lipinski definition) is 2. The van der Waals surface area contributed by atoms with Gasteiger partial charge in [-0.05, 0) is 6.92 Å². The van der Waals surface area contributed by atoms with Gasteiger partial charge in [0.25, 0.3) is 0 Å². The standard InChI is InChI=1S/C15H22NO2.Li/c1-6-16(14(18-5)15(2,3)4)13(17)12-10-8-7-9-11-12;/h7-8,10-11,14H,6H2,1-5H3;/q-1;+1. The third-order valence-electron chi connectivity index (χ3n) is 2.80. The van der Waals surface area contributed by atoms with Crippen LogP contribution in [-0.4, -0.2) is 30.7 Å². The Morgan fingerprint density at radius 2 is 2.11 bits per heavy atom. The molecule has 0 aliphatic rings. The molecular formula is C15H22LiNO2. The maximum absolute atomic E-state index is 12.4. The van der Waals surface area contributed by atoms with Gasteiger partial charge >= 0.3 is 18.9 Å². The molecular weight excluding hydrogens is 233 g/mol. The summed E-state index contributed by atoms with van der Waals surface area (Å²) in [6.07, 6.45) is -0.241. The molecule has 19 heavy (non-hydrogen) atoms. The number of amides is 1. The molecule has 0 saturated carbocycles. The number of benzene rings is 1. The molecule has 4 heteroatoms. The first-order valence-electron chi connectivity index (χ1n) is 6.21. The molecule has 3 nitrogen and oxygen atoms in total. The first-order valence-corrected chi connectivity index (χ1v) is 6.21. The Bertz CT molecular complexity index is 387. The average molecular weight is 255 g/mol. The van der Waals surface area contributed by atoms with E-state index in [9.17, 15) is 4.79 Å². The molecule has 0 saturated heterocycles. The van der Waals surface area contributed by atoms with E-state index in [-0.39, 0.29) is 36.4 Å². The molecule has 1 rings (SSSR count). The van der Waals surface area contributed by atoms with Gasteiger partial charge in [0, 0.05) is 19.1 Å². The van der Waals surface area contributed by atoms with Gasteiger partial charge in [0.2, 0.25) is 0 Å². The molecule has 0 N–H and O–H groups in total. The van der Waals surface area contributed by atoms with E-state index < -0.39 is 0 Å². The van der Waals surface area contributed by atoms with Gasteiger partial charge in [-0.15, -0.1) is 0 Å². The van der Waals surface area contributed by atoms with Crippen LogP contribution in [0.4, 0.5) is 0 Å². The van der Waals surface area contributed by atoms with Crippen LogP contribution in [0.3, 0.4) is 0 Å². The number of methoxy groups -OCH3 is 1. The van der Waals surface area contributed by atoms with Gasteiger partial charge in [-0.3, -0.25) is 4.79 Å². The van der Waals surface area contributed by atoms with Crippen molar-refractivity contribution in [2.45, 2.75) is 33.9 Å². The van der Waals surface area contributed by atoms with Crippen LogP contribution in [-0.2, 0) is 4.74 Å². The van der Waals surface area contributed by atoms with E-state index in [4.69, 9.17) is 4.74 Å². The Balaban J connectivity index is 0.00000324. The fourth-order valence-corrected chi connectivity index (χ4v) is 2.06. The van der Waals surface area contributed by atoms with Crippen LogP contribution >= 0.6 is 0 Å². The van der Waals surface area contributed by atoms with Crippen molar-refractivity contribution >= 4 is 5.91 Å². The minimum absolute atomic E-state index is 0. The van der Waals surface area contributed by atoms with Crippen molar-refractivity contribution in [3.63, 3.8) is 0 Å². The molecule has 0 bridgehead atoms. The minimum atomic E-state index is -0.241. The van der Waals surface area contributed by atoms with Crippen LogP contribution in [0.25, 0.3) is 0 Å². The van der Waals surface area contributed by atoms with E-state index in [0.717, 1.165) is 0 Å². The monoisotopic (exact) mass is 255 g/mol. The van der Waals surface area contributed by atoms with Gasteiger partial charge in [-0.1, -0.05) is 26.3 Å². The molecule has 0 radical (unpaired) electrons. The van der Waals surface area contributed by atoms with Crippen LogP contribution in [0.2, 0.25) is 0 Å². The van der Waals surface area contributed by atoms with Gasteiger partial charge < -0.3 is 9.64 Å². The zero-order chi connectivity index (χ0) is 13.8. The predicted octanol–water partition coefficient (Wildman–Crippen LogP) is -0.0285. The summed E-state index contributed by atoms with van der Waals surface area (Å²) in [5.74, 6) is -0.0175. The summed E-state index contributed by atoms with van der Waals surface area (Å²) in [5, 5.41) is 0. The van der Waals surface area contributed by atoms with Crippen molar-refractivity contribution in [3.8, 4) is 0 Å². The van der Waals surface area contributed by atoms with Crippen LogP contribution in [0.1, 0.15) is 38.1 Å². The number of rotatable bonds is 4. The van der Waals surface area contributed by atoms with Gasteiger partial charge in [0.15, 0.2) is 5.91 Å². The number of ether oxygens (including phenoxy) is 1. The van der Waals surface area contributed by atoms with E-state index in [1.807, 2.05) is 13.0 Å². The zero-order valence-electron chi connectivity index (χ0n) is 12.9. The fraction of sp³-hybridized carbons (Fsp3) is 0.533. The summed E-state index contributed by atoms with van der Waals surface area (Å²) >= 11 is 0. The molecule has 1 unspecified atom stereocenters. The number of carbonyl (C=O) groups is 1. The smallest absolute Gasteiger partial charge is 0.361 e. The molecule has 1 atom stereocenters.